The normalized spacial score (nSPS) is 20.6. The number of hydrogen-bond acceptors (Lipinski definition) is 2. The smallest absolute Gasteiger partial charge is 0.0708 e. The van der Waals surface area contributed by atoms with Gasteiger partial charge in [0.2, 0.25) is 0 Å². The lowest BCUT2D eigenvalue weighted by atomic mass is 9.94. The van der Waals surface area contributed by atoms with Crippen LogP contribution in [0.5, 0.6) is 0 Å². The lowest BCUT2D eigenvalue weighted by molar-refractivity contribution is 0.414. The predicted molar refractivity (Wildman–Crippen MR) is 71.1 cm³/mol. The van der Waals surface area contributed by atoms with Gasteiger partial charge in [-0.15, -0.1) is 0 Å². The Morgan fingerprint density at radius 3 is 2.94 bits per heavy atom. The Labute approximate surface area is 102 Å². The molecule has 1 unspecified atom stereocenters. The highest BCUT2D eigenvalue weighted by molar-refractivity contribution is 5.82. The molecular formula is C15H18N2. The second-order valence-corrected chi connectivity index (χ2v) is 4.87. The average Bonchev–Trinajstić information content (AvgIpc) is 2.39. The Hall–Kier alpha value is -1.41. The van der Waals surface area contributed by atoms with E-state index in [1.54, 1.807) is 0 Å². The minimum absolute atomic E-state index is 0.510. The summed E-state index contributed by atoms with van der Waals surface area (Å²) in [5, 5.41) is 4.93. The summed E-state index contributed by atoms with van der Waals surface area (Å²) in [7, 11) is 0. The van der Waals surface area contributed by atoms with E-state index in [0.717, 1.165) is 17.8 Å². The molecule has 0 aliphatic carbocycles. The zero-order valence-electron chi connectivity index (χ0n) is 10.2. The van der Waals surface area contributed by atoms with E-state index >= 15 is 0 Å². The van der Waals surface area contributed by atoms with Crippen molar-refractivity contribution in [1.82, 2.24) is 10.3 Å². The number of nitrogens with zero attached hydrogens (tertiary/aromatic N) is 1. The van der Waals surface area contributed by atoms with Crippen molar-refractivity contribution in [1.29, 1.82) is 0 Å². The van der Waals surface area contributed by atoms with Gasteiger partial charge in [0.25, 0.3) is 0 Å². The third-order valence-electron chi connectivity index (χ3n) is 3.56. The molecule has 1 fully saturated rings. The first kappa shape index (κ1) is 10.7. The summed E-state index contributed by atoms with van der Waals surface area (Å²) in [6, 6.07) is 11.2. The van der Waals surface area contributed by atoms with E-state index < -0.39 is 0 Å². The molecule has 1 aromatic carbocycles. The summed E-state index contributed by atoms with van der Waals surface area (Å²) in [5.41, 5.74) is 3.66. The highest BCUT2D eigenvalue weighted by Gasteiger charge is 2.17. The van der Waals surface area contributed by atoms with Crippen LogP contribution in [0, 0.1) is 6.92 Å². The molecule has 17 heavy (non-hydrogen) atoms. The minimum atomic E-state index is 0.510. The van der Waals surface area contributed by atoms with Gasteiger partial charge in [-0.2, -0.15) is 0 Å². The average molecular weight is 226 g/mol. The molecule has 1 saturated heterocycles. The van der Waals surface area contributed by atoms with Gasteiger partial charge in [-0.05, 0) is 44.0 Å². The summed E-state index contributed by atoms with van der Waals surface area (Å²) in [5.74, 6) is 0. The van der Waals surface area contributed by atoms with Gasteiger partial charge in [0, 0.05) is 17.1 Å². The SMILES string of the molecule is Cc1cc(C2CCCCN2)c2ccccc2n1. The van der Waals surface area contributed by atoms with Gasteiger partial charge in [-0.1, -0.05) is 24.6 Å². The summed E-state index contributed by atoms with van der Waals surface area (Å²) in [6.45, 7) is 3.22. The summed E-state index contributed by atoms with van der Waals surface area (Å²) >= 11 is 0. The molecule has 1 N–H and O–H groups in total. The van der Waals surface area contributed by atoms with Crippen molar-refractivity contribution >= 4 is 10.9 Å². The molecule has 2 heteroatoms. The van der Waals surface area contributed by atoms with Crippen LogP contribution < -0.4 is 5.32 Å². The Morgan fingerprint density at radius 1 is 1.24 bits per heavy atom. The fourth-order valence-corrected chi connectivity index (χ4v) is 2.75. The van der Waals surface area contributed by atoms with Gasteiger partial charge in [-0.25, -0.2) is 0 Å². The topological polar surface area (TPSA) is 24.9 Å². The van der Waals surface area contributed by atoms with Crippen molar-refractivity contribution in [2.75, 3.05) is 6.54 Å². The number of pyridine rings is 1. The zero-order valence-corrected chi connectivity index (χ0v) is 10.2. The summed E-state index contributed by atoms with van der Waals surface area (Å²) < 4.78 is 0. The molecule has 0 bridgehead atoms. The first-order valence-electron chi connectivity index (χ1n) is 6.44. The van der Waals surface area contributed by atoms with Gasteiger partial charge in [0.05, 0.1) is 5.52 Å². The highest BCUT2D eigenvalue weighted by Crippen LogP contribution is 2.29. The molecule has 1 aliphatic rings. The maximum absolute atomic E-state index is 4.60. The third-order valence-corrected chi connectivity index (χ3v) is 3.56. The number of rotatable bonds is 1. The van der Waals surface area contributed by atoms with Crippen molar-refractivity contribution in [2.45, 2.75) is 32.2 Å². The quantitative estimate of drug-likeness (QED) is 0.806. The standard InChI is InChI=1S/C15H18N2/c1-11-10-13(14-7-4-5-9-16-14)12-6-2-3-8-15(12)17-11/h2-3,6,8,10,14,16H,4-5,7,9H2,1H3. The Bertz CT molecular complexity index is 527. The number of benzene rings is 1. The summed E-state index contributed by atoms with van der Waals surface area (Å²) in [4.78, 5) is 4.60. The van der Waals surface area contributed by atoms with Crippen LogP contribution in [0.4, 0.5) is 0 Å². The fourth-order valence-electron chi connectivity index (χ4n) is 2.75. The maximum Gasteiger partial charge on any atom is 0.0708 e. The van der Waals surface area contributed by atoms with Crippen LogP contribution in [0.15, 0.2) is 30.3 Å². The monoisotopic (exact) mass is 226 g/mol. The van der Waals surface area contributed by atoms with Crippen LogP contribution in [0.2, 0.25) is 0 Å². The second-order valence-electron chi connectivity index (χ2n) is 4.87. The van der Waals surface area contributed by atoms with Crippen molar-refractivity contribution in [3.8, 4) is 0 Å². The second kappa shape index (κ2) is 4.46. The van der Waals surface area contributed by atoms with E-state index in [4.69, 9.17) is 0 Å². The fraction of sp³-hybridized carbons (Fsp3) is 0.400. The maximum atomic E-state index is 4.60. The van der Waals surface area contributed by atoms with E-state index in [-0.39, 0.29) is 0 Å². The van der Waals surface area contributed by atoms with Crippen molar-refractivity contribution < 1.29 is 0 Å². The molecule has 0 amide bonds. The number of hydrogen-bond donors (Lipinski definition) is 1. The molecule has 1 aliphatic heterocycles. The zero-order chi connectivity index (χ0) is 11.7. The Balaban J connectivity index is 2.13. The van der Waals surface area contributed by atoms with Crippen LogP contribution in [0.1, 0.15) is 36.6 Å². The summed E-state index contributed by atoms with van der Waals surface area (Å²) in [6.07, 6.45) is 3.87. The highest BCUT2D eigenvalue weighted by atomic mass is 14.9. The number of nitrogens with one attached hydrogen (secondary N) is 1. The predicted octanol–water partition coefficient (Wildman–Crippen LogP) is 3.36. The first-order valence-corrected chi connectivity index (χ1v) is 6.44. The van der Waals surface area contributed by atoms with Gasteiger partial charge < -0.3 is 5.32 Å². The van der Waals surface area contributed by atoms with Gasteiger partial charge >= 0.3 is 0 Å². The molecule has 0 radical (unpaired) electrons. The van der Waals surface area contributed by atoms with Crippen LogP contribution >= 0.6 is 0 Å². The lowest BCUT2D eigenvalue weighted by Gasteiger charge is -2.25. The molecule has 0 spiro atoms. The molecule has 2 heterocycles. The lowest BCUT2D eigenvalue weighted by Crippen LogP contribution is -2.27. The largest absolute Gasteiger partial charge is 0.310 e. The van der Waals surface area contributed by atoms with E-state index in [2.05, 4.69) is 47.6 Å². The van der Waals surface area contributed by atoms with E-state index in [9.17, 15) is 0 Å². The molecular weight excluding hydrogens is 208 g/mol. The Kier molecular flexibility index (Phi) is 2.81. The van der Waals surface area contributed by atoms with Crippen LogP contribution in [0.3, 0.4) is 0 Å². The molecule has 88 valence electrons. The van der Waals surface area contributed by atoms with E-state index in [1.165, 1.54) is 30.2 Å². The number of aromatic nitrogens is 1. The van der Waals surface area contributed by atoms with Crippen molar-refractivity contribution in [3.63, 3.8) is 0 Å². The molecule has 1 atom stereocenters. The van der Waals surface area contributed by atoms with E-state index in [0.29, 0.717) is 6.04 Å². The van der Waals surface area contributed by atoms with Crippen molar-refractivity contribution in [3.05, 3.63) is 41.6 Å². The molecule has 2 aromatic rings. The van der Waals surface area contributed by atoms with Crippen LogP contribution in [0.25, 0.3) is 10.9 Å². The number of fused-ring (bicyclic) bond motifs is 1. The third kappa shape index (κ3) is 2.05. The van der Waals surface area contributed by atoms with Crippen LogP contribution in [-0.4, -0.2) is 11.5 Å². The molecule has 2 nitrogen and oxygen atoms in total. The van der Waals surface area contributed by atoms with Gasteiger partial charge in [0.15, 0.2) is 0 Å². The van der Waals surface area contributed by atoms with Crippen LogP contribution in [-0.2, 0) is 0 Å². The first-order chi connectivity index (χ1) is 8.34. The molecule has 1 aromatic heterocycles. The van der Waals surface area contributed by atoms with Crippen molar-refractivity contribution in [2.24, 2.45) is 0 Å². The Morgan fingerprint density at radius 2 is 2.12 bits per heavy atom. The number of aryl methyl sites for hydroxylation is 1. The number of piperidine rings is 1. The van der Waals surface area contributed by atoms with Gasteiger partial charge in [0.1, 0.15) is 0 Å². The molecule has 0 saturated carbocycles. The minimum Gasteiger partial charge on any atom is -0.310 e. The van der Waals surface area contributed by atoms with Gasteiger partial charge in [-0.3, -0.25) is 4.98 Å². The molecule has 3 rings (SSSR count). The van der Waals surface area contributed by atoms with E-state index in [1.807, 2.05) is 0 Å². The number of para-hydroxylation sites is 1.